The van der Waals surface area contributed by atoms with E-state index in [9.17, 15) is 24.6 Å². The largest absolute Gasteiger partial charge is 0.366 e. The van der Waals surface area contributed by atoms with Gasteiger partial charge in [0.25, 0.3) is 11.6 Å². The molecule has 0 spiro atoms. The minimum atomic E-state index is -0.519. The Morgan fingerprint density at radius 3 is 2.61 bits per heavy atom. The Bertz CT molecular complexity index is 1410. The van der Waals surface area contributed by atoms with E-state index in [1.54, 1.807) is 18.2 Å². The average Bonchev–Trinajstić information content (AvgIpc) is 2.82. The van der Waals surface area contributed by atoms with E-state index in [2.05, 4.69) is 21.7 Å². The Hall–Kier alpha value is -4.84. The molecule has 0 fully saturated rings. The molecule has 3 aromatic carbocycles. The number of anilines is 2. The molecule has 33 heavy (non-hydrogen) atoms. The second kappa shape index (κ2) is 9.11. The van der Waals surface area contributed by atoms with Crippen molar-refractivity contribution in [2.75, 3.05) is 10.6 Å². The maximum Gasteiger partial charge on any atom is 0.270 e. The summed E-state index contributed by atoms with van der Waals surface area (Å²) in [6.45, 7) is 0.358. The zero-order chi connectivity index (χ0) is 23.4. The van der Waals surface area contributed by atoms with Crippen LogP contribution in [0.5, 0.6) is 0 Å². The molecule has 0 radical (unpaired) electrons. The van der Waals surface area contributed by atoms with Crippen LogP contribution in [0.2, 0.25) is 0 Å². The van der Waals surface area contributed by atoms with Crippen molar-refractivity contribution in [3.63, 3.8) is 0 Å². The Morgan fingerprint density at radius 2 is 1.88 bits per heavy atom. The SMILES string of the molecule is N#Cc1cc(NCc2cccc(NC(=O)c3ccc(F)cc3)c2)nc2ccc([N+](=O)[O-])cc12. The lowest BCUT2D eigenvalue weighted by Gasteiger charge is -2.10. The summed E-state index contributed by atoms with van der Waals surface area (Å²) in [7, 11) is 0. The number of rotatable bonds is 6. The van der Waals surface area contributed by atoms with Crippen LogP contribution in [0.15, 0.2) is 72.8 Å². The number of aromatic nitrogens is 1. The number of pyridine rings is 1. The minimum Gasteiger partial charge on any atom is -0.366 e. The zero-order valence-electron chi connectivity index (χ0n) is 17.1. The molecule has 9 heteroatoms. The van der Waals surface area contributed by atoms with Crippen molar-refractivity contribution in [2.24, 2.45) is 0 Å². The summed E-state index contributed by atoms with van der Waals surface area (Å²) in [5.41, 5.74) is 2.37. The molecular formula is C24H16FN5O3. The molecule has 1 amide bonds. The van der Waals surface area contributed by atoms with Gasteiger partial charge in [-0.05, 0) is 54.1 Å². The number of nitro benzene ring substituents is 1. The van der Waals surface area contributed by atoms with Gasteiger partial charge in [-0.15, -0.1) is 0 Å². The molecule has 0 saturated heterocycles. The number of non-ortho nitro benzene ring substituents is 1. The first-order valence-corrected chi connectivity index (χ1v) is 9.82. The number of halogens is 1. The van der Waals surface area contributed by atoms with Gasteiger partial charge in [-0.2, -0.15) is 5.26 Å². The van der Waals surface area contributed by atoms with Gasteiger partial charge in [-0.3, -0.25) is 14.9 Å². The number of benzene rings is 3. The summed E-state index contributed by atoms with van der Waals surface area (Å²) in [6, 6.07) is 20.2. The van der Waals surface area contributed by atoms with Crippen molar-refractivity contribution in [3.8, 4) is 6.07 Å². The number of amides is 1. The highest BCUT2D eigenvalue weighted by atomic mass is 19.1. The normalized spacial score (nSPS) is 10.4. The lowest BCUT2D eigenvalue weighted by Crippen LogP contribution is -2.12. The van der Waals surface area contributed by atoms with Crippen molar-refractivity contribution in [3.05, 3.63) is 105 Å². The Kier molecular flexibility index (Phi) is 5.91. The smallest absolute Gasteiger partial charge is 0.270 e. The zero-order valence-corrected chi connectivity index (χ0v) is 17.1. The molecule has 0 saturated carbocycles. The van der Waals surface area contributed by atoms with E-state index in [-0.39, 0.29) is 17.2 Å². The first-order valence-electron chi connectivity index (χ1n) is 9.82. The van der Waals surface area contributed by atoms with E-state index in [4.69, 9.17) is 0 Å². The van der Waals surface area contributed by atoms with Crippen molar-refractivity contribution in [1.82, 2.24) is 4.98 Å². The van der Waals surface area contributed by atoms with Crippen molar-refractivity contribution >= 4 is 34.0 Å². The molecule has 162 valence electrons. The Morgan fingerprint density at radius 1 is 1.09 bits per heavy atom. The molecule has 1 heterocycles. The molecule has 0 aliphatic carbocycles. The predicted octanol–water partition coefficient (Wildman–Crippen LogP) is 5.02. The maximum absolute atomic E-state index is 13.0. The van der Waals surface area contributed by atoms with Crippen molar-refractivity contribution in [1.29, 1.82) is 5.26 Å². The van der Waals surface area contributed by atoms with Gasteiger partial charge in [0.05, 0.1) is 22.1 Å². The quantitative estimate of drug-likeness (QED) is 0.320. The topological polar surface area (TPSA) is 121 Å². The third-order valence-corrected chi connectivity index (χ3v) is 4.89. The molecule has 0 bridgehead atoms. The molecule has 2 N–H and O–H groups in total. The van der Waals surface area contributed by atoms with Gasteiger partial charge in [0.15, 0.2) is 0 Å². The predicted molar refractivity (Wildman–Crippen MR) is 121 cm³/mol. The van der Waals surface area contributed by atoms with Gasteiger partial charge in [-0.25, -0.2) is 9.37 Å². The van der Waals surface area contributed by atoms with Crippen LogP contribution in [0.1, 0.15) is 21.5 Å². The first kappa shape index (κ1) is 21.4. The van der Waals surface area contributed by atoms with E-state index in [1.165, 1.54) is 48.5 Å². The highest BCUT2D eigenvalue weighted by Gasteiger charge is 2.12. The van der Waals surface area contributed by atoms with Crippen LogP contribution in [0.4, 0.5) is 21.6 Å². The minimum absolute atomic E-state index is 0.110. The van der Waals surface area contributed by atoms with Gasteiger partial charge in [0.1, 0.15) is 11.6 Å². The molecule has 0 unspecified atom stereocenters. The van der Waals surface area contributed by atoms with Crippen LogP contribution in [-0.4, -0.2) is 15.8 Å². The van der Waals surface area contributed by atoms with Gasteiger partial charge < -0.3 is 10.6 Å². The van der Waals surface area contributed by atoms with Crippen molar-refractivity contribution in [2.45, 2.75) is 6.54 Å². The highest BCUT2D eigenvalue weighted by Crippen LogP contribution is 2.25. The molecular weight excluding hydrogens is 425 g/mol. The number of hydrogen-bond acceptors (Lipinski definition) is 6. The summed E-state index contributed by atoms with van der Waals surface area (Å²) in [6.07, 6.45) is 0. The summed E-state index contributed by atoms with van der Waals surface area (Å²) >= 11 is 0. The number of nitrogens with zero attached hydrogens (tertiary/aromatic N) is 3. The number of carbonyl (C=O) groups excluding carboxylic acids is 1. The molecule has 1 aromatic heterocycles. The molecule has 4 rings (SSSR count). The Labute approximate surface area is 187 Å². The standard InChI is InChI=1S/C24H16FN5O3/c25-18-6-4-16(5-7-18)24(31)28-19-3-1-2-15(10-19)14-27-23-11-17(13-26)21-12-20(30(32)33)8-9-22(21)29-23/h1-12H,14H2,(H,27,29)(H,28,31). The van der Waals surface area contributed by atoms with Crippen LogP contribution in [0.3, 0.4) is 0 Å². The van der Waals surface area contributed by atoms with Gasteiger partial charge >= 0.3 is 0 Å². The second-order valence-corrected chi connectivity index (χ2v) is 7.14. The third kappa shape index (κ3) is 4.91. The van der Waals surface area contributed by atoms with Crippen LogP contribution < -0.4 is 10.6 Å². The monoisotopic (exact) mass is 441 g/mol. The maximum atomic E-state index is 13.0. The second-order valence-electron chi connectivity index (χ2n) is 7.14. The lowest BCUT2D eigenvalue weighted by atomic mass is 10.1. The third-order valence-electron chi connectivity index (χ3n) is 4.89. The molecule has 4 aromatic rings. The van der Waals surface area contributed by atoms with Gasteiger partial charge in [-0.1, -0.05) is 12.1 Å². The van der Waals surface area contributed by atoms with Crippen LogP contribution in [-0.2, 0) is 6.54 Å². The highest BCUT2D eigenvalue weighted by molar-refractivity contribution is 6.04. The van der Waals surface area contributed by atoms with E-state index in [0.29, 0.717) is 34.5 Å². The van der Waals surface area contributed by atoms with Gasteiger partial charge in [0.2, 0.25) is 0 Å². The fourth-order valence-electron chi connectivity index (χ4n) is 3.27. The van der Waals surface area contributed by atoms with E-state index < -0.39 is 10.7 Å². The van der Waals surface area contributed by atoms with Crippen LogP contribution in [0, 0.1) is 27.3 Å². The van der Waals surface area contributed by atoms with Crippen LogP contribution in [0.25, 0.3) is 10.9 Å². The summed E-state index contributed by atoms with van der Waals surface area (Å²) in [5.74, 6) is -0.336. The summed E-state index contributed by atoms with van der Waals surface area (Å²) < 4.78 is 13.0. The molecule has 0 aliphatic rings. The molecule has 0 aliphatic heterocycles. The number of nitrogens with one attached hydrogen (secondary N) is 2. The number of nitro groups is 1. The van der Waals surface area contributed by atoms with Crippen molar-refractivity contribution < 1.29 is 14.1 Å². The van der Waals surface area contributed by atoms with Crippen LogP contribution >= 0.6 is 0 Å². The van der Waals surface area contributed by atoms with E-state index >= 15 is 0 Å². The summed E-state index contributed by atoms with van der Waals surface area (Å²) in [5, 5.41) is 26.8. The fourth-order valence-corrected chi connectivity index (χ4v) is 3.27. The first-order chi connectivity index (χ1) is 15.9. The number of nitriles is 1. The van der Waals surface area contributed by atoms with E-state index in [1.807, 2.05) is 6.07 Å². The van der Waals surface area contributed by atoms with E-state index in [0.717, 1.165) is 5.56 Å². The molecule has 8 nitrogen and oxygen atoms in total. The lowest BCUT2D eigenvalue weighted by molar-refractivity contribution is -0.384. The fraction of sp³-hybridized carbons (Fsp3) is 0.0417. The summed E-state index contributed by atoms with van der Waals surface area (Å²) in [4.78, 5) is 27.3. The number of hydrogen-bond donors (Lipinski definition) is 2. The number of carbonyl (C=O) groups is 1. The number of fused-ring (bicyclic) bond motifs is 1. The average molecular weight is 441 g/mol. The molecule has 0 atom stereocenters. The van der Waals surface area contributed by atoms with Gasteiger partial charge in [0, 0.05) is 35.3 Å². The Balaban J connectivity index is 1.49.